The maximum absolute atomic E-state index is 10.4. The van der Waals surface area contributed by atoms with Gasteiger partial charge in [-0.15, -0.1) is 0 Å². The van der Waals surface area contributed by atoms with Gasteiger partial charge in [0.2, 0.25) is 0 Å². The number of hydrogen-bond acceptors (Lipinski definition) is 3. The van der Waals surface area contributed by atoms with Gasteiger partial charge >= 0.3 is 0 Å². The third-order valence-electron chi connectivity index (χ3n) is 1.62. The van der Waals surface area contributed by atoms with Crippen LogP contribution in [0.25, 0.3) is 5.03 Å². The molecule has 0 heterocycles. The van der Waals surface area contributed by atoms with Gasteiger partial charge in [-0.05, 0) is 12.8 Å². The van der Waals surface area contributed by atoms with Gasteiger partial charge in [-0.2, -0.15) is 0 Å². The number of rotatable bonds is 3. The lowest BCUT2D eigenvalue weighted by Crippen LogP contribution is -1.82. The maximum Gasteiger partial charge on any atom is 0.150 e. The van der Waals surface area contributed by atoms with E-state index < -0.39 is 0 Å². The summed E-state index contributed by atoms with van der Waals surface area (Å²) in [5.74, 6) is 0. The summed E-state index contributed by atoms with van der Waals surface area (Å²) in [6.07, 6.45) is 0.745. The molecule has 0 unspecified atom stereocenters. The molecule has 4 heteroatoms. The first kappa shape index (κ1) is 13.5. The van der Waals surface area contributed by atoms with Gasteiger partial charge in [0.05, 0.1) is 5.69 Å². The average Bonchev–Trinajstić information content (AvgIpc) is 2.30. The molecule has 0 aliphatic heterocycles. The van der Waals surface area contributed by atoms with Crippen LogP contribution in [0.1, 0.15) is 15.9 Å². The minimum absolute atomic E-state index is 0.389. The first-order valence-electron chi connectivity index (χ1n) is 4.04. The Morgan fingerprint density at radius 1 is 1.53 bits per heavy atom. The van der Waals surface area contributed by atoms with Crippen LogP contribution in [-0.2, 0) is 0 Å². The monoisotopic (exact) mass is 225 g/mol. The van der Waals surface area contributed by atoms with Crippen molar-refractivity contribution in [2.45, 2.75) is 0 Å². The number of benzene rings is 1. The minimum atomic E-state index is 0.389. The van der Waals surface area contributed by atoms with Crippen molar-refractivity contribution in [2.75, 3.05) is 7.11 Å². The van der Waals surface area contributed by atoms with Gasteiger partial charge in [-0.1, -0.05) is 30.3 Å². The molecular formula is C11H12ClNO2. The molecule has 0 spiro atoms. The number of halogens is 1. The minimum Gasteiger partial charge on any atom is -0.400 e. The van der Waals surface area contributed by atoms with Crippen molar-refractivity contribution in [1.82, 2.24) is 0 Å². The molecule has 1 aromatic rings. The van der Waals surface area contributed by atoms with Crippen LogP contribution >= 0.6 is 11.6 Å². The number of carbonyl (C=O) groups is 1. The highest BCUT2D eigenvalue weighted by atomic mass is 35.5. The summed E-state index contributed by atoms with van der Waals surface area (Å²) in [6, 6.07) is 4.97. The number of aldehydes is 1. The molecule has 1 N–H and O–H groups in total. The zero-order valence-electron chi connectivity index (χ0n) is 8.40. The van der Waals surface area contributed by atoms with Crippen LogP contribution in [0.3, 0.4) is 0 Å². The Balaban J connectivity index is 0.000000921. The van der Waals surface area contributed by atoms with Crippen LogP contribution in [0.15, 0.2) is 29.8 Å². The van der Waals surface area contributed by atoms with Crippen molar-refractivity contribution in [3.8, 4) is 0 Å². The molecule has 0 saturated carbocycles. The smallest absolute Gasteiger partial charge is 0.150 e. The van der Waals surface area contributed by atoms with Gasteiger partial charge in [0.15, 0.2) is 0 Å². The Bertz CT molecular complexity index is 375. The molecule has 0 bridgehead atoms. The Morgan fingerprint density at radius 3 is 2.53 bits per heavy atom. The Morgan fingerprint density at radius 2 is 2.13 bits per heavy atom. The second-order valence-corrected chi connectivity index (χ2v) is 2.91. The van der Waals surface area contributed by atoms with Crippen molar-refractivity contribution in [1.29, 1.82) is 0 Å². The van der Waals surface area contributed by atoms with E-state index in [1.54, 1.807) is 18.2 Å². The van der Waals surface area contributed by atoms with Crippen LogP contribution < -0.4 is 0 Å². The van der Waals surface area contributed by atoms with Gasteiger partial charge in [0, 0.05) is 23.3 Å². The van der Waals surface area contributed by atoms with Crippen LogP contribution in [0.5, 0.6) is 0 Å². The molecule has 0 amide bonds. The van der Waals surface area contributed by atoms with Crippen LogP contribution in [-0.4, -0.2) is 25.2 Å². The van der Waals surface area contributed by atoms with Gasteiger partial charge < -0.3 is 5.11 Å². The SMILES string of the molecule is C=Nc1cc(C=O)ccc1C(=C)Cl.CO. The molecule has 1 rings (SSSR count). The van der Waals surface area contributed by atoms with E-state index in [4.69, 9.17) is 16.7 Å². The number of aliphatic hydroxyl groups is 1. The summed E-state index contributed by atoms with van der Waals surface area (Å²) in [6.45, 7) is 6.96. The standard InChI is InChI=1S/C10H8ClNO.CH4O/c1-7(11)9-4-3-8(6-13)5-10(9)12-2;1-2/h3-6H,1-2H2;2H,1H3. The quantitative estimate of drug-likeness (QED) is 0.635. The molecule has 0 saturated heterocycles. The molecule has 0 atom stereocenters. The first-order chi connectivity index (χ1) is 7.19. The summed E-state index contributed by atoms with van der Waals surface area (Å²) in [7, 11) is 1.00. The fourth-order valence-electron chi connectivity index (χ4n) is 0.982. The molecule has 0 fully saturated rings. The summed E-state index contributed by atoms with van der Waals surface area (Å²) in [5, 5.41) is 7.39. The number of aliphatic imine (C=N–C) groups is 1. The molecular weight excluding hydrogens is 214 g/mol. The number of aliphatic hydroxyl groups excluding tert-OH is 1. The fourth-order valence-corrected chi connectivity index (χ4v) is 1.14. The normalized spacial score (nSPS) is 8.47. The van der Waals surface area contributed by atoms with Crippen molar-refractivity contribution in [3.05, 3.63) is 35.9 Å². The molecule has 80 valence electrons. The van der Waals surface area contributed by atoms with Gasteiger partial charge in [-0.3, -0.25) is 9.79 Å². The molecule has 0 aliphatic carbocycles. The maximum atomic E-state index is 10.4. The van der Waals surface area contributed by atoms with Gasteiger partial charge in [-0.25, -0.2) is 0 Å². The number of carbonyl (C=O) groups excluding carboxylic acids is 1. The van der Waals surface area contributed by atoms with Gasteiger partial charge in [0.25, 0.3) is 0 Å². The van der Waals surface area contributed by atoms with Crippen molar-refractivity contribution in [2.24, 2.45) is 4.99 Å². The van der Waals surface area contributed by atoms with E-state index in [-0.39, 0.29) is 0 Å². The van der Waals surface area contributed by atoms with E-state index >= 15 is 0 Å². The van der Waals surface area contributed by atoms with Crippen LogP contribution in [0.2, 0.25) is 0 Å². The van der Waals surface area contributed by atoms with E-state index in [1.807, 2.05) is 0 Å². The molecule has 15 heavy (non-hydrogen) atoms. The van der Waals surface area contributed by atoms with Gasteiger partial charge in [0.1, 0.15) is 6.29 Å². The van der Waals surface area contributed by atoms with Crippen LogP contribution in [0, 0.1) is 0 Å². The Labute approximate surface area is 93.7 Å². The second-order valence-electron chi connectivity index (χ2n) is 2.46. The zero-order valence-corrected chi connectivity index (χ0v) is 9.16. The Hall–Kier alpha value is -1.45. The lowest BCUT2D eigenvalue weighted by Gasteiger charge is -2.02. The molecule has 1 aromatic carbocycles. The fraction of sp³-hybridized carbons (Fsp3) is 0.0909. The third-order valence-corrected chi connectivity index (χ3v) is 1.82. The van der Waals surface area contributed by atoms with Crippen LogP contribution in [0.4, 0.5) is 5.69 Å². The predicted molar refractivity (Wildman–Crippen MR) is 64.1 cm³/mol. The van der Waals surface area contributed by atoms with Crippen molar-refractivity contribution in [3.63, 3.8) is 0 Å². The van der Waals surface area contributed by atoms with E-state index in [0.29, 0.717) is 21.8 Å². The van der Waals surface area contributed by atoms with E-state index in [1.165, 1.54) is 0 Å². The van der Waals surface area contributed by atoms with Crippen molar-refractivity contribution >= 4 is 35.3 Å². The lowest BCUT2D eigenvalue weighted by atomic mass is 10.1. The number of nitrogens with zero attached hydrogens (tertiary/aromatic N) is 1. The molecule has 0 aromatic heterocycles. The predicted octanol–water partition coefficient (Wildman–Crippen LogP) is 2.65. The summed E-state index contributed by atoms with van der Waals surface area (Å²) < 4.78 is 0. The third kappa shape index (κ3) is 3.65. The molecule has 0 radical (unpaired) electrons. The van der Waals surface area contributed by atoms with E-state index in [9.17, 15) is 4.79 Å². The second kappa shape index (κ2) is 6.92. The largest absolute Gasteiger partial charge is 0.400 e. The lowest BCUT2D eigenvalue weighted by molar-refractivity contribution is 0.112. The summed E-state index contributed by atoms with van der Waals surface area (Å²) in [5.41, 5.74) is 1.82. The molecule has 3 nitrogen and oxygen atoms in total. The summed E-state index contributed by atoms with van der Waals surface area (Å²) in [4.78, 5) is 14.2. The van der Waals surface area contributed by atoms with E-state index in [0.717, 1.165) is 13.4 Å². The molecule has 0 aliphatic rings. The Kier molecular flexibility index (Phi) is 6.25. The highest BCUT2D eigenvalue weighted by Gasteiger charge is 2.03. The van der Waals surface area contributed by atoms with E-state index in [2.05, 4.69) is 18.3 Å². The topological polar surface area (TPSA) is 49.7 Å². The highest BCUT2D eigenvalue weighted by Crippen LogP contribution is 2.28. The highest BCUT2D eigenvalue weighted by molar-refractivity contribution is 6.48. The zero-order chi connectivity index (χ0) is 11.8. The number of hydrogen-bond donors (Lipinski definition) is 1. The first-order valence-corrected chi connectivity index (χ1v) is 4.42. The average molecular weight is 226 g/mol. The summed E-state index contributed by atoms with van der Waals surface area (Å²) >= 11 is 5.71. The van der Waals surface area contributed by atoms with Crippen molar-refractivity contribution < 1.29 is 9.90 Å².